The summed E-state index contributed by atoms with van der Waals surface area (Å²) in [6.07, 6.45) is -7.21. The molecule has 1 heterocycles. The Balaban J connectivity index is 1.37. The molecule has 1 saturated carbocycles. The van der Waals surface area contributed by atoms with Crippen LogP contribution in [0.25, 0.3) is 0 Å². The fourth-order valence-electron chi connectivity index (χ4n) is 3.44. The average Bonchev–Trinajstić information content (AvgIpc) is 2.63. The molecule has 0 saturated heterocycles. The van der Waals surface area contributed by atoms with Crippen LogP contribution in [0, 0.1) is 5.92 Å². The van der Waals surface area contributed by atoms with E-state index in [1.807, 2.05) is 0 Å². The number of aliphatic hydroxyl groups is 1. The molecule has 7 nitrogen and oxygen atoms in total. The van der Waals surface area contributed by atoms with Crippen molar-refractivity contribution in [1.29, 1.82) is 0 Å². The van der Waals surface area contributed by atoms with Gasteiger partial charge in [-0.2, -0.15) is 0 Å². The second-order valence-electron chi connectivity index (χ2n) is 7.53. The van der Waals surface area contributed by atoms with Crippen LogP contribution >= 0.6 is 11.6 Å². The molecule has 0 bridgehead atoms. The molecule has 0 radical (unpaired) electrons. The number of amides is 2. The van der Waals surface area contributed by atoms with Crippen LogP contribution < -0.4 is 15.4 Å². The fraction of sp³-hybridized carbons (Fsp3) is 0.500. The number of hydrogen-bond acceptors (Lipinski definition) is 5. The molecule has 170 valence electrons. The van der Waals surface area contributed by atoms with E-state index in [0.717, 1.165) is 0 Å². The zero-order valence-corrected chi connectivity index (χ0v) is 17.1. The zero-order chi connectivity index (χ0) is 22.8. The van der Waals surface area contributed by atoms with E-state index >= 15 is 0 Å². The summed E-state index contributed by atoms with van der Waals surface area (Å²) in [5.74, 6) is -1.01. The van der Waals surface area contributed by atoms with Crippen molar-refractivity contribution < 1.29 is 37.3 Å². The van der Waals surface area contributed by atoms with Gasteiger partial charge in [-0.25, -0.2) is 0 Å². The molecule has 1 aromatic rings. The smallest absolute Gasteiger partial charge is 0.480 e. The van der Waals surface area contributed by atoms with Gasteiger partial charge in [0.2, 0.25) is 5.91 Å². The number of carbonyl (C=O) groups excluding carboxylic acids is 2. The third-order valence-electron chi connectivity index (χ3n) is 5.12. The van der Waals surface area contributed by atoms with Crippen molar-refractivity contribution in [2.24, 2.45) is 5.92 Å². The molecular weight excluding hydrogens is 441 g/mol. The Morgan fingerprint density at radius 3 is 2.65 bits per heavy atom. The van der Waals surface area contributed by atoms with Gasteiger partial charge in [0.1, 0.15) is 5.75 Å². The maximum absolute atomic E-state index is 12.4. The summed E-state index contributed by atoms with van der Waals surface area (Å²) in [5, 5.41) is 15.9. The normalized spacial score (nSPS) is 24.9. The van der Waals surface area contributed by atoms with Crippen LogP contribution in [0.3, 0.4) is 0 Å². The summed E-state index contributed by atoms with van der Waals surface area (Å²) in [6, 6.07) is 4.75. The summed E-state index contributed by atoms with van der Waals surface area (Å²) < 4.78 is 45.8. The van der Waals surface area contributed by atoms with Gasteiger partial charge in [-0.15, -0.1) is 13.2 Å². The van der Waals surface area contributed by atoms with E-state index in [1.165, 1.54) is 0 Å². The first-order valence-electron chi connectivity index (χ1n) is 9.67. The van der Waals surface area contributed by atoms with Crippen LogP contribution in [-0.4, -0.2) is 42.0 Å². The van der Waals surface area contributed by atoms with Crippen LogP contribution in [0.5, 0.6) is 5.75 Å². The Morgan fingerprint density at radius 1 is 1.26 bits per heavy atom. The minimum Gasteiger partial charge on any atom is -0.480 e. The monoisotopic (exact) mass is 462 g/mol. The van der Waals surface area contributed by atoms with E-state index in [9.17, 15) is 27.9 Å². The first-order valence-corrected chi connectivity index (χ1v) is 10.0. The Hall–Kier alpha value is -2.30. The molecule has 0 aromatic heterocycles. The highest BCUT2D eigenvalue weighted by molar-refractivity contribution is 6.30. The minimum atomic E-state index is -4.70. The van der Waals surface area contributed by atoms with Crippen LogP contribution in [0.4, 0.5) is 13.2 Å². The molecule has 1 fully saturated rings. The Morgan fingerprint density at radius 2 is 1.97 bits per heavy atom. The molecule has 1 aliphatic carbocycles. The molecule has 2 aliphatic rings. The van der Waals surface area contributed by atoms with E-state index in [-0.39, 0.29) is 38.1 Å². The van der Waals surface area contributed by atoms with Gasteiger partial charge in [0, 0.05) is 41.6 Å². The quantitative estimate of drug-likeness (QED) is 0.579. The van der Waals surface area contributed by atoms with Gasteiger partial charge >= 0.3 is 6.36 Å². The van der Waals surface area contributed by atoms with Crippen molar-refractivity contribution in [2.45, 2.75) is 50.4 Å². The number of rotatable bonds is 7. The van der Waals surface area contributed by atoms with Crippen molar-refractivity contribution in [1.82, 2.24) is 10.6 Å². The number of nitrogens with one attached hydrogen (secondary N) is 2. The molecule has 11 heteroatoms. The van der Waals surface area contributed by atoms with Crippen LogP contribution in [0.15, 0.2) is 30.5 Å². The molecular formula is C20H22ClF3N2O5. The van der Waals surface area contributed by atoms with Crippen LogP contribution in [0.1, 0.15) is 37.4 Å². The lowest BCUT2D eigenvalue weighted by Crippen LogP contribution is -2.44. The predicted octanol–water partition coefficient (Wildman–Crippen LogP) is 2.98. The van der Waals surface area contributed by atoms with Crippen molar-refractivity contribution >= 4 is 23.4 Å². The zero-order valence-electron chi connectivity index (χ0n) is 16.4. The maximum Gasteiger partial charge on any atom is 0.522 e. The summed E-state index contributed by atoms with van der Waals surface area (Å²) in [7, 11) is 0. The number of benzene rings is 1. The maximum atomic E-state index is 12.4. The molecule has 2 atom stereocenters. The number of carbonyl (C=O) groups is 2. The second kappa shape index (κ2) is 9.46. The van der Waals surface area contributed by atoms with E-state index in [1.54, 1.807) is 18.2 Å². The van der Waals surface area contributed by atoms with E-state index < -0.39 is 36.5 Å². The highest BCUT2D eigenvalue weighted by atomic mass is 35.5. The molecule has 3 rings (SSSR count). The number of alkyl halides is 3. The van der Waals surface area contributed by atoms with Gasteiger partial charge in [0.25, 0.3) is 5.91 Å². The lowest BCUT2D eigenvalue weighted by atomic mass is 9.81. The Labute approximate surface area is 181 Å². The Bertz CT molecular complexity index is 858. The SMILES string of the molecule is C=C(CCNC(=O)[C@H]1C[C@@H](OC(F)(F)F)C1)NC(=O)[C@H]1C[C@@H](O)c2cc(Cl)ccc2O1. The van der Waals surface area contributed by atoms with Gasteiger partial charge in [-0.05, 0) is 31.0 Å². The van der Waals surface area contributed by atoms with E-state index in [4.69, 9.17) is 16.3 Å². The number of halogens is 4. The molecule has 1 aromatic carbocycles. The predicted molar refractivity (Wildman–Crippen MR) is 104 cm³/mol. The lowest BCUT2D eigenvalue weighted by molar-refractivity contribution is -0.353. The lowest BCUT2D eigenvalue weighted by Gasteiger charge is -2.34. The van der Waals surface area contributed by atoms with E-state index in [2.05, 4.69) is 21.9 Å². The summed E-state index contributed by atoms with van der Waals surface area (Å²) in [4.78, 5) is 24.4. The Kier molecular flexibility index (Phi) is 7.13. The fourth-order valence-corrected chi connectivity index (χ4v) is 3.62. The number of hydrogen-bond donors (Lipinski definition) is 3. The van der Waals surface area contributed by atoms with Crippen LogP contribution in [-0.2, 0) is 14.3 Å². The average molecular weight is 463 g/mol. The molecule has 3 N–H and O–H groups in total. The highest BCUT2D eigenvalue weighted by Gasteiger charge is 2.42. The van der Waals surface area contributed by atoms with E-state index in [0.29, 0.717) is 22.0 Å². The number of ether oxygens (including phenoxy) is 2. The summed E-state index contributed by atoms with van der Waals surface area (Å²) >= 11 is 5.91. The van der Waals surface area contributed by atoms with Gasteiger partial charge in [-0.1, -0.05) is 18.2 Å². The standard InChI is InChI=1S/C20H22ClF3N2O5/c1-10(4-5-25-18(28)11-6-13(7-11)31-20(22,23)24)26-19(29)17-9-15(27)14-8-12(21)2-3-16(14)30-17/h2-3,8,11,13,15,17,27H,1,4-7,9H2,(H,25,28)(H,26,29)/t11-,13+,15-,17-/m1/s1. The van der Waals surface area contributed by atoms with Crippen molar-refractivity contribution in [3.05, 3.63) is 41.1 Å². The topological polar surface area (TPSA) is 96.9 Å². The molecule has 31 heavy (non-hydrogen) atoms. The third kappa shape index (κ3) is 6.34. The van der Waals surface area contributed by atoms with Gasteiger partial charge < -0.3 is 20.5 Å². The van der Waals surface area contributed by atoms with Crippen molar-refractivity contribution in [3.8, 4) is 5.75 Å². The number of fused-ring (bicyclic) bond motifs is 1. The molecule has 2 amide bonds. The van der Waals surface area contributed by atoms with Crippen molar-refractivity contribution in [3.63, 3.8) is 0 Å². The minimum absolute atomic E-state index is 0.0110. The summed E-state index contributed by atoms with van der Waals surface area (Å²) in [5.41, 5.74) is 0.842. The van der Waals surface area contributed by atoms with Crippen molar-refractivity contribution in [2.75, 3.05) is 6.54 Å². The molecule has 1 aliphatic heterocycles. The summed E-state index contributed by atoms with van der Waals surface area (Å²) in [6.45, 7) is 3.89. The molecule has 0 spiro atoms. The second-order valence-corrected chi connectivity index (χ2v) is 7.96. The van der Waals surface area contributed by atoms with Gasteiger partial charge in [-0.3, -0.25) is 14.3 Å². The third-order valence-corrected chi connectivity index (χ3v) is 5.36. The number of aliphatic hydroxyl groups excluding tert-OH is 1. The largest absolute Gasteiger partial charge is 0.522 e. The highest BCUT2D eigenvalue weighted by Crippen LogP contribution is 2.37. The first kappa shape index (κ1) is 23.4. The van der Waals surface area contributed by atoms with Gasteiger partial charge in [0.15, 0.2) is 6.10 Å². The molecule has 0 unspecified atom stereocenters. The first-order chi connectivity index (χ1) is 14.5. The van der Waals surface area contributed by atoms with Crippen LogP contribution in [0.2, 0.25) is 5.02 Å². The van der Waals surface area contributed by atoms with Gasteiger partial charge in [0.05, 0.1) is 12.2 Å².